The molecule has 1 aromatic carbocycles. The van der Waals surface area contributed by atoms with Crippen LogP contribution in [0.4, 0.5) is 0 Å². The normalized spacial score (nSPS) is 11.0. The van der Waals surface area contributed by atoms with Crippen LogP contribution in [0.3, 0.4) is 0 Å². The number of hydrogen-bond donors (Lipinski definition) is 1. The van der Waals surface area contributed by atoms with Gasteiger partial charge >= 0.3 is 0 Å². The van der Waals surface area contributed by atoms with E-state index in [1.54, 1.807) is 53.4 Å². The Hall–Kier alpha value is -3.30. The monoisotopic (exact) mass is 401 g/mol. The van der Waals surface area contributed by atoms with Crippen LogP contribution in [0.25, 0.3) is 0 Å². The van der Waals surface area contributed by atoms with Gasteiger partial charge in [-0.05, 0) is 37.3 Å². The van der Waals surface area contributed by atoms with Crippen LogP contribution in [0.5, 0.6) is 0 Å². The van der Waals surface area contributed by atoms with Crippen LogP contribution in [0, 0.1) is 6.92 Å². The Morgan fingerprint density at radius 3 is 2.46 bits per heavy atom. The number of aromatic nitrogens is 1. The Labute approximate surface area is 162 Å². The van der Waals surface area contributed by atoms with Crippen molar-refractivity contribution in [1.29, 1.82) is 0 Å². The summed E-state index contributed by atoms with van der Waals surface area (Å²) >= 11 is 0. The molecule has 0 unspecified atom stereocenters. The molecular formula is C19H19N3O5S. The first kappa shape index (κ1) is 21.0. The van der Waals surface area contributed by atoms with Crippen molar-refractivity contribution in [2.45, 2.75) is 11.8 Å². The fourth-order valence-electron chi connectivity index (χ4n) is 2.01. The molecule has 9 heteroatoms. The average Bonchev–Trinajstić information content (AvgIpc) is 3.15. The average molecular weight is 401 g/mol. The minimum absolute atomic E-state index is 0.178. The number of nitrogens with zero attached hydrogens (tertiary/aromatic N) is 2. The topological polar surface area (TPSA) is 116 Å². The molecule has 3 rings (SSSR count). The van der Waals surface area contributed by atoms with Crippen LogP contribution in [0.15, 0.2) is 81.6 Å². The van der Waals surface area contributed by atoms with E-state index in [-0.39, 0.29) is 10.8 Å². The number of hydrazone groups is 1. The maximum absolute atomic E-state index is 11.7. The number of pyridine rings is 1. The predicted molar refractivity (Wildman–Crippen MR) is 101 cm³/mol. The summed E-state index contributed by atoms with van der Waals surface area (Å²) in [6.07, 6.45) is 6.56. The van der Waals surface area contributed by atoms with E-state index in [2.05, 4.69) is 10.5 Å². The summed E-state index contributed by atoms with van der Waals surface area (Å²) in [6, 6.07) is 12.8. The SMILES string of the molecule is C[n+]1cccc(C(=O)N/N=C/c2ccco2)c1.Cc1ccc(S(=O)(=O)[O-])cc1. The van der Waals surface area contributed by atoms with Gasteiger partial charge in [0.1, 0.15) is 28.5 Å². The van der Waals surface area contributed by atoms with Gasteiger partial charge in [0.15, 0.2) is 12.4 Å². The third kappa shape index (κ3) is 6.78. The van der Waals surface area contributed by atoms with Gasteiger partial charge in [-0.15, -0.1) is 0 Å². The fraction of sp³-hybridized carbons (Fsp3) is 0.105. The molecule has 0 aliphatic carbocycles. The molecule has 0 fully saturated rings. The number of carbonyl (C=O) groups is 1. The number of hydrogen-bond acceptors (Lipinski definition) is 6. The highest BCUT2D eigenvalue weighted by Crippen LogP contribution is 2.08. The Balaban J connectivity index is 0.000000221. The van der Waals surface area contributed by atoms with Crippen LogP contribution in [-0.2, 0) is 17.2 Å². The Bertz CT molecular complexity index is 1040. The molecule has 1 amide bonds. The Kier molecular flexibility index (Phi) is 7.19. The number of benzene rings is 1. The van der Waals surface area contributed by atoms with E-state index in [4.69, 9.17) is 4.42 Å². The second-order valence-corrected chi connectivity index (χ2v) is 7.12. The number of aryl methyl sites for hydroxylation is 2. The fourth-order valence-corrected chi connectivity index (χ4v) is 2.48. The lowest BCUT2D eigenvalue weighted by Gasteiger charge is -2.05. The zero-order chi connectivity index (χ0) is 20.6. The summed E-state index contributed by atoms with van der Waals surface area (Å²) in [6.45, 7) is 1.82. The standard InChI is InChI=1S/C12H11N3O2.C7H8O3S/c1-15-6-2-4-10(9-15)12(16)14-13-8-11-5-3-7-17-11;1-6-2-4-7(5-3-6)11(8,9)10/h2-9H,1H3;2-5H,1H3,(H,8,9,10)/b13-8+;. The molecule has 28 heavy (non-hydrogen) atoms. The van der Waals surface area contributed by atoms with Crippen molar-refractivity contribution in [2.75, 3.05) is 0 Å². The molecule has 1 N–H and O–H groups in total. The van der Waals surface area contributed by atoms with Crippen molar-refractivity contribution >= 4 is 22.2 Å². The predicted octanol–water partition coefficient (Wildman–Crippen LogP) is 1.77. The van der Waals surface area contributed by atoms with Crippen molar-refractivity contribution in [1.82, 2.24) is 5.43 Å². The third-order valence-corrected chi connectivity index (χ3v) is 4.26. The summed E-state index contributed by atoms with van der Waals surface area (Å²) in [5.41, 5.74) is 3.90. The lowest BCUT2D eigenvalue weighted by molar-refractivity contribution is -0.671. The molecule has 8 nitrogen and oxygen atoms in total. The molecule has 0 aliphatic heterocycles. The second kappa shape index (κ2) is 9.58. The Morgan fingerprint density at radius 1 is 1.18 bits per heavy atom. The maximum Gasteiger partial charge on any atom is 0.277 e. The molecule has 0 saturated carbocycles. The third-order valence-electron chi connectivity index (χ3n) is 3.41. The smallest absolute Gasteiger partial charge is 0.277 e. The van der Waals surface area contributed by atoms with Gasteiger partial charge in [0.05, 0.1) is 17.4 Å². The second-order valence-electron chi connectivity index (χ2n) is 5.74. The van der Waals surface area contributed by atoms with Gasteiger partial charge in [0, 0.05) is 6.07 Å². The number of nitrogens with one attached hydrogen (secondary N) is 1. The molecule has 0 radical (unpaired) electrons. The summed E-state index contributed by atoms with van der Waals surface area (Å²) < 4.78 is 38.0. The summed E-state index contributed by atoms with van der Waals surface area (Å²) in [5, 5.41) is 3.79. The van der Waals surface area contributed by atoms with Crippen LogP contribution in [0.2, 0.25) is 0 Å². The van der Waals surface area contributed by atoms with E-state index in [0.29, 0.717) is 11.3 Å². The quantitative estimate of drug-likeness (QED) is 0.310. The highest BCUT2D eigenvalue weighted by Gasteiger charge is 2.07. The molecule has 146 valence electrons. The van der Waals surface area contributed by atoms with E-state index < -0.39 is 10.1 Å². The van der Waals surface area contributed by atoms with Gasteiger partial charge in [-0.25, -0.2) is 18.4 Å². The van der Waals surface area contributed by atoms with Gasteiger partial charge < -0.3 is 8.97 Å². The van der Waals surface area contributed by atoms with E-state index in [9.17, 15) is 17.8 Å². The van der Waals surface area contributed by atoms with Crippen LogP contribution < -0.4 is 9.99 Å². The van der Waals surface area contributed by atoms with Crippen LogP contribution in [0.1, 0.15) is 21.7 Å². The van der Waals surface area contributed by atoms with Gasteiger partial charge in [0.25, 0.3) is 5.91 Å². The minimum Gasteiger partial charge on any atom is -0.744 e. The first-order valence-corrected chi connectivity index (χ1v) is 9.51. The van der Waals surface area contributed by atoms with E-state index in [1.165, 1.54) is 18.3 Å². The molecule has 0 saturated heterocycles. The van der Waals surface area contributed by atoms with Gasteiger partial charge in [-0.1, -0.05) is 17.7 Å². The van der Waals surface area contributed by atoms with Crippen molar-refractivity contribution < 1.29 is 26.7 Å². The molecule has 2 heterocycles. The summed E-state index contributed by atoms with van der Waals surface area (Å²) in [7, 11) is -2.42. The number of carbonyl (C=O) groups excluding carboxylic acids is 1. The molecule has 0 aliphatic rings. The molecule has 0 spiro atoms. The zero-order valence-corrected chi connectivity index (χ0v) is 16.1. The van der Waals surface area contributed by atoms with E-state index in [1.807, 2.05) is 20.2 Å². The highest BCUT2D eigenvalue weighted by molar-refractivity contribution is 7.85. The first-order valence-electron chi connectivity index (χ1n) is 8.10. The van der Waals surface area contributed by atoms with Gasteiger partial charge in [-0.3, -0.25) is 4.79 Å². The van der Waals surface area contributed by atoms with Gasteiger partial charge in [-0.2, -0.15) is 5.10 Å². The van der Waals surface area contributed by atoms with Crippen LogP contribution >= 0.6 is 0 Å². The molecule has 3 aromatic rings. The lowest BCUT2D eigenvalue weighted by Crippen LogP contribution is -2.29. The summed E-state index contributed by atoms with van der Waals surface area (Å²) in [4.78, 5) is 11.5. The van der Waals surface area contributed by atoms with E-state index >= 15 is 0 Å². The van der Waals surface area contributed by atoms with Crippen molar-refractivity contribution in [3.05, 3.63) is 84.1 Å². The number of furan rings is 1. The van der Waals surface area contributed by atoms with Crippen LogP contribution in [-0.4, -0.2) is 25.1 Å². The molecular weight excluding hydrogens is 382 g/mol. The maximum atomic E-state index is 11.7. The van der Waals surface area contributed by atoms with Crippen molar-refractivity contribution in [3.8, 4) is 0 Å². The largest absolute Gasteiger partial charge is 0.744 e. The number of rotatable bonds is 4. The van der Waals surface area contributed by atoms with E-state index in [0.717, 1.165) is 5.56 Å². The number of amides is 1. The molecule has 0 atom stereocenters. The summed E-state index contributed by atoms with van der Waals surface area (Å²) in [5.74, 6) is 0.327. The molecule has 2 aromatic heterocycles. The lowest BCUT2D eigenvalue weighted by atomic mass is 10.2. The van der Waals surface area contributed by atoms with Crippen molar-refractivity contribution in [3.63, 3.8) is 0 Å². The van der Waals surface area contributed by atoms with Gasteiger partial charge in [0.2, 0.25) is 0 Å². The molecule has 0 bridgehead atoms. The van der Waals surface area contributed by atoms with Crippen molar-refractivity contribution in [2.24, 2.45) is 12.1 Å². The zero-order valence-electron chi connectivity index (χ0n) is 15.3. The Morgan fingerprint density at radius 2 is 1.89 bits per heavy atom. The highest BCUT2D eigenvalue weighted by atomic mass is 32.2. The first-order chi connectivity index (χ1) is 13.3. The minimum atomic E-state index is -4.27.